The Balaban J connectivity index is 2.01. The minimum atomic E-state index is -4.71. The van der Waals surface area contributed by atoms with Gasteiger partial charge in [-0.15, -0.1) is 0 Å². The summed E-state index contributed by atoms with van der Waals surface area (Å²) in [5.74, 6) is 0.00136. The maximum atomic E-state index is 14.2. The van der Waals surface area contributed by atoms with Crippen LogP contribution < -0.4 is 4.74 Å². The van der Waals surface area contributed by atoms with Crippen LogP contribution in [0.3, 0.4) is 0 Å². The molecule has 26 heavy (non-hydrogen) atoms. The molecule has 0 saturated carbocycles. The van der Waals surface area contributed by atoms with Crippen LogP contribution in [0, 0.1) is 0 Å². The Bertz CT molecular complexity index is 969. The standard InChI is InChI=1S/C19H13ClF3NO2/c1-25-18(19(21,22)23)13-8-7-12(24-9-2-3-10-24)11-16(13)26-17-14(18)5-4-6-15(17)20/h2-11H,1H3. The average molecular weight is 380 g/mol. The van der Waals surface area contributed by atoms with Crippen molar-refractivity contribution in [2.24, 2.45) is 0 Å². The summed E-state index contributed by atoms with van der Waals surface area (Å²) in [6, 6.07) is 12.4. The highest BCUT2D eigenvalue weighted by molar-refractivity contribution is 6.32. The monoisotopic (exact) mass is 379 g/mol. The predicted molar refractivity (Wildman–Crippen MR) is 91.1 cm³/mol. The highest BCUT2D eigenvalue weighted by atomic mass is 35.5. The van der Waals surface area contributed by atoms with Crippen molar-refractivity contribution in [3.05, 3.63) is 77.1 Å². The normalized spacial score (nSPS) is 18.8. The third kappa shape index (κ3) is 2.26. The molecule has 2 heterocycles. The van der Waals surface area contributed by atoms with Gasteiger partial charge in [-0.1, -0.05) is 23.7 Å². The topological polar surface area (TPSA) is 23.4 Å². The van der Waals surface area contributed by atoms with Crippen molar-refractivity contribution < 1.29 is 22.6 Å². The average Bonchev–Trinajstić information content (AvgIpc) is 3.13. The smallest absolute Gasteiger partial charge is 0.426 e. The fourth-order valence-corrected chi connectivity index (χ4v) is 3.55. The molecule has 3 nitrogen and oxygen atoms in total. The van der Waals surface area contributed by atoms with Crippen LogP contribution in [-0.4, -0.2) is 17.9 Å². The van der Waals surface area contributed by atoms with E-state index in [9.17, 15) is 13.2 Å². The van der Waals surface area contributed by atoms with E-state index in [2.05, 4.69) is 0 Å². The van der Waals surface area contributed by atoms with Crippen LogP contribution >= 0.6 is 11.6 Å². The summed E-state index contributed by atoms with van der Waals surface area (Å²) >= 11 is 6.13. The van der Waals surface area contributed by atoms with Crippen molar-refractivity contribution in [1.82, 2.24) is 4.57 Å². The Morgan fingerprint density at radius 1 is 1.04 bits per heavy atom. The lowest BCUT2D eigenvalue weighted by molar-refractivity contribution is -0.260. The second-order valence-corrected chi connectivity index (χ2v) is 6.28. The molecule has 134 valence electrons. The molecule has 0 fully saturated rings. The third-order valence-corrected chi connectivity index (χ3v) is 4.81. The quantitative estimate of drug-likeness (QED) is 0.571. The Labute approximate surface area is 152 Å². The molecule has 1 aliphatic heterocycles. The van der Waals surface area contributed by atoms with Crippen molar-refractivity contribution in [2.75, 3.05) is 7.11 Å². The molecule has 1 aliphatic rings. The molecular weight excluding hydrogens is 367 g/mol. The molecule has 1 unspecified atom stereocenters. The third-order valence-electron chi connectivity index (χ3n) is 4.51. The maximum Gasteiger partial charge on any atom is 0.426 e. The van der Waals surface area contributed by atoms with E-state index in [1.54, 1.807) is 29.1 Å². The number of methoxy groups -OCH3 is 1. The van der Waals surface area contributed by atoms with Gasteiger partial charge in [0.2, 0.25) is 5.60 Å². The first-order chi connectivity index (χ1) is 12.4. The number of aromatic nitrogens is 1. The SMILES string of the molecule is COC1(C(F)(F)F)c2ccc(-n3cccc3)cc2Oc2c(Cl)cccc21. The van der Waals surface area contributed by atoms with E-state index in [0.29, 0.717) is 5.69 Å². The van der Waals surface area contributed by atoms with Crippen LogP contribution in [0.5, 0.6) is 11.5 Å². The largest absolute Gasteiger partial charge is 0.455 e. The van der Waals surface area contributed by atoms with Gasteiger partial charge in [0.05, 0.1) is 5.02 Å². The summed E-state index contributed by atoms with van der Waals surface area (Å²) in [5.41, 5.74) is -2.27. The summed E-state index contributed by atoms with van der Waals surface area (Å²) in [6.45, 7) is 0. The summed E-state index contributed by atoms with van der Waals surface area (Å²) in [6.07, 6.45) is -1.13. The minimum Gasteiger partial charge on any atom is -0.455 e. The molecule has 1 atom stereocenters. The Morgan fingerprint density at radius 2 is 1.77 bits per heavy atom. The lowest BCUT2D eigenvalue weighted by Gasteiger charge is -2.40. The van der Waals surface area contributed by atoms with Gasteiger partial charge in [0.25, 0.3) is 0 Å². The summed E-state index contributed by atoms with van der Waals surface area (Å²) in [5, 5.41) is 0.0881. The Morgan fingerprint density at radius 3 is 2.42 bits per heavy atom. The summed E-state index contributed by atoms with van der Waals surface area (Å²) < 4.78 is 55.3. The van der Waals surface area contributed by atoms with Gasteiger partial charge in [0, 0.05) is 42.4 Å². The zero-order chi connectivity index (χ0) is 18.5. The first-order valence-corrected chi connectivity index (χ1v) is 8.13. The van der Waals surface area contributed by atoms with Crippen molar-refractivity contribution in [3.63, 3.8) is 0 Å². The van der Waals surface area contributed by atoms with E-state index in [1.165, 1.54) is 24.3 Å². The molecule has 0 saturated heterocycles. The van der Waals surface area contributed by atoms with E-state index in [4.69, 9.17) is 21.1 Å². The van der Waals surface area contributed by atoms with Gasteiger partial charge >= 0.3 is 6.18 Å². The highest BCUT2D eigenvalue weighted by Gasteiger charge is 2.62. The molecule has 3 aromatic rings. The van der Waals surface area contributed by atoms with Crippen LogP contribution in [-0.2, 0) is 10.3 Å². The number of alkyl halides is 3. The van der Waals surface area contributed by atoms with E-state index >= 15 is 0 Å². The van der Waals surface area contributed by atoms with E-state index in [0.717, 1.165) is 7.11 Å². The number of benzene rings is 2. The minimum absolute atomic E-state index is 0.0505. The van der Waals surface area contributed by atoms with Gasteiger partial charge in [-0.2, -0.15) is 13.2 Å². The number of hydrogen-bond donors (Lipinski definition) is 0. The second-order valence-electron chi connectivity index (χ2n) is 5.87. The van der Waals surface area contributed by atoms with Crippen molar-refractivity contribution in [2.45, 2.75) is 11.8 Å². The second kappa shape index (κ2) is 5.79. The van der Waals surface area contributed by atoms with Gasteiger partial charge in [-0.25, -0.2) is 0 Å². The van der Waals surface area contributed by atoms with Gasteiger partial charge < -0.3 is 14.0 Å². The number of nitrogens with zero attached hydrogens (tertiary/aromatic N) is 1. The first-order valence-electron chi connectivity index (χ1n) is 7.75. The van der Waals surface area contributed by atoms with Crippen molar-refractivity contribution >= 4 is 11.6 Å². The van der Waals surface area contributed by atoms with Crippen LogP contribution in [0.2, 0.25) is 5.02 Å². The van der Waals surface area contributed by atoms with E-state index < -0.39 is 11.8 Å². The number of rotatable bonds is 2. The Hall–Kier alpha value is -2.44. The number of fused-ring (bicyclic) bond motifs is 2. The predicted octanol–water partition coefficient (Wildman–Crippen LogP) is 5.69. The fourth-order valence-electron chi connectivity index (χ4n) is 3.34. The molecule has 7 heteroatoms. The lowest BCUT2D eigenvalue weighted by Crippen LogP contribution is -2.47. The lowest BCUT2D eigenvalue weighted by atomic mass is 9.82. The van der Waals surface area contributed by atoms with Crippen molar-refractivity contribution in [1.29, 1.82) is 0 Å². The number of ether oxygens (including phenoxy) is 2. The van der Waals surface area contributed by atoms with Crippen LogP contribution in [0.1, 0.15) is 11.1 Å². The molecular formula is C19H13ClF3NO2. The van der Waals surface area contributed by atoms with Gasteiger partial charge in [0.15, 0.2) is 5.75 Å². The molecule has 0 aliphatic carbocycles. The summed E-state index contributed by atoms with van der Waals surface area (Å²) in [7, 11) is 1.03. The Kier molecular flexibility index (Phi) is 3.78. The van der Waals surface area contributed by atoms with E-state index in [-0.39, 0.29) is 27.6 Å². The molecule has 2 aromatic carbocycles. The van der Waals surface area contributed by atoms with Gasteiger partial charge in [-0.3, -0.25) is 0 Å². The maximum absolute atomic E-state index is 14.2. The van der Waals surface area contributed by atoms with Gasteiger partial charge in [0.1, 0.15) is 5.75 Å². The molecule has 4 rings (SSSR count). The summed E-state index contributed by atoms with van der Waals surface area (Å²) in [4.78, 5) is 0. The van der Waals surface area contributed by atoms with Crippen LogP contribution in [0.15, 0.2) is 60.9 Å². The molecule has 0 bridgehead atoms. The molecule has 0 radical (unpaired) electrons. The van der Waals surface area contributed by atoms with Crippen molar-refractivity contribution in [3.8, 4) is 17.2 Å². The highest BCUT2D eigenvalue weighted by Crippen LogP contribution is 2.57. The fraction of sp³-hybridized carbons (Fsp3) is 0.158. The molecule has 0 N–H and O–H groups in total. The zero-order valence-electron chi connectivity index (χ0n) is 13.5. The van der Waals surface area contributed by atoms with Crippen LogP contribution in [0.25, 0.3) is 5.69 Å². The number of hydrogen-bond acceptors (Lipinski definition) is 2. The molecule has 0 spiro atoms. The zero-order valence-corrected chi connectivity index (χ0v) is 14.3. The number of halogens is 4. The first kappa shape index (κ1) is 17.0. The van der Waals surface area contributed by atoms with Gasteiger partial charge in [-0.05, 0) is 30.3 Å². The number of para-hydroxylation sites is 1. The van der Waals surface area contributed by atoms with E-state index in [1.807, 2.05) is 12.1 Å². The molecule has 0 amide bonds. The van der Waals surface area contributed by atoms with Crippen LogP contribution in [0.4, 0.5) is 13.2 Å². The molecule has 1 aromatic heterocycles.